The summed E-state index contributed by atoms with van der Waals surface area (Å²) in [4.78, 5) is 19.5. The third kappa shape index (κ3) is 3.00. The van der Waals surface area contributed by atoms with Gasteiger partial charge in [-0.1, -0.05) is 0 Å². The van der Waals surface area contributed by atoms with E-state index in [-0.39, 0.29) is 6.54 Å². The first-order valence-electron chi connectivity index (χ1n) is 6.10. The molecule has 0 unspecified atom stereocenters. The van der Waals surface area contributed by atoms with Gasteiger partial charge in [0.15, 0.2) is 0 Å². The summed E-state index contributed by atoms with van der Waals surface area (Å²) in [6, 6.07) is 3.72. The van der Waals surface area contributed by atoms with E-state index in [1.165, 1.54) is 4.68 Å². The van der Waals surface area contributed by atoms with Gasteiger partial charge in [0.05, 0.1) is 23.1 Å². The van der Waals surface area contributed by atoms with E-state index in [9.17, 15) is 4.79 Å². The SMILES string of the molecule is NC(=O)Cn1cc(Nc2ccnc3cc(Br)cnc23)cn1. The van der Waals surface area contributed by atoms with Crippen molar-refractivity contribution in [2.45, 2.75) is 6.54 Å². The zero-order chi connectivity index (χ0) is 14.8. The molecule has 106 valence electrons. The predicted molar refractivity (Wildman–Crippen MR) is 81.9 cm³/mol. The van der Waals surface area contributed by atoms with Gasteiger partial charge in [0, 0.05) is 23.1 Å². The maximum Gasteiger partial charge on any atom is 0.239 e. The molecule has 0 aliphatic carbocycles. The van der Waals surface area contributed by atoms with Crippen molar-refractivity contribution in [3.8, 4) is 0 Å². The lowest BCUT2D eigenvalue weighted by Crippen LogP contribution is -2.18. The molecule has 3 aromatic heterocycles. The quantitative estimate of drug-likeness (QED) is 0.750. The molecule has 0 aliphatic rings. The number of primary amides is 1. The Balaban J connectivity index is 1.91. The maximum absolute atomic E-state index is 10.9. The van der Waals surface area contributed by atoms with Crippen molar-refractivity contribution in [3.05, 3.63) is 41.4 Å². The largest absolute Gasteiger partial charge is 0.368 e. The van der Waals surface area contributed by atoms with Crippen LogP contribution in [0.5, 0.6) is 0 Å². The number of hydrogen-bond donors (Lipinski definition) is 2. The van der Waals surface area contributed by atoms with Crippen LogP contribution < -0.4 is 11.1 Å². The van der Waals surface area contributed by atoms with Crippen molar-refractivity contribution >= 4 is 44.2 Å². The Labute approximate surface area is 128 Å². The summed E-state index contributed by atoms with van der Waals surface area (Å²) in [6.07, 6.45) is 6.74. The first kappa shape index (κ1) is 13.5. The van der Waals surface area contributed by atoms with Gasteiger partial charge >= 0.3 is 0 Å². The lowest BCUT2D eigenvalue weighted by molar-refractivity contribution is -0.118. The summed E-state index contributed by atoms with van der Waals surface area (Å²) in [5, 5.41) is 7.26. The molecule has 0 saturated heterocycles. The van der Waals surface area contributed by atoms with Gasteiger partial charge in [-0.15, -0.1) is 0 Å². The van der Waals surface area contributed by atoms with Gasteiger partial charge in [0.1, 0.15) is 12.1 Å². The van der Waals surface area contributed by atoms with Gasteiger partial charge < -0.3 is 11.1 Å². The first-order valence-corrected chi connectivity index (χ1v) is 6.89. The lowest BCUT2D eigenvalue weighted by atomic mass is 10.3. The summed E-state index contributed by atoms with van der Waals surface area (Å²) < 4.78 is 2.34. The second kappa shape index (κ2) is 5.49. The van der Waals surface area contributed by atoms with Crippen LogP contribution in [0.4, 0.5) is 11.4 Å². The van der Waals surface area contributed by atoms with Crippen molar-refractivity contribution < 1.29 is 4.79 Å². The van der Waals surface area contributed by atoms with Gasteiger partial charge in [-0.25, -0.2) is 0 Å². The van der Waals surface area contributed by atoms with Crippen molar-refractivity contribution in [3.63, 3.8) is 0 Å². The summed E-state index contributed by atoms with van der Waals surface area (Å²) in [5.74, 6) is -0.439. The van der Waals surface area contributed by atoms with Crippen molar-refractivity contribution in [1.82, 2.24) is 19.7 Å². The summed E-state index contributed by atoms with van der Waals surface area (Å²) in [6.45, 7) is 0.0456. The second-order valence-corrected chi connectivity index (χ2v) is 5.31. The van der Waals surface area contributed by atoms with Gasteiger partial charge in [-0.2, -0.15) is 5.10 Å². The number of fused-ring (bicyclic) bond motifs is 1. The molecule has 0 aromatic carbocycles. The summed E-state index contributed by atoms with van der Waals surface area (Å²) in [5.41, 5.74) is 8.22. The molecule has 0 fully saturated rings. The Morgan fingerprint density at radius 1 is 1.38 bits per heavy atom. The van der Waals surface area contributed by atoms with Crippen LogP contribution in [0.3, 0.4) is 0 Å². The minimum atomic E-state index is -0.439. The normalized spacial score (nSPS) is 10.7. The number of halogens is 1. The smallest absolute Gasteiger partial charge is 0.239 e. The number of nitrogens with zero attached hydrogens (tertiary/aromatic N) is 4. The van der Waals surface area contributed by atoms with Crippen LogP contribution in [0.1, 0.15) is 0 Å². The number of anilines is 2. The molecule has 1 amide bonds. The fourth-order valence-electron chi connectivity index (χ4n) is 1.94. The van der Waals surface area contributed by atoms with Gasteiger partial charge in [-0.3, -0.25) is 19.4 Å². The van der Waals surface area contributed by atoms with Crippen LogP contribution in [0.15, 0.2) is 41.4 Å². The first-order chi connectivity index (χ1) is 10.1. The molecule has 0 radical (unpaired) electrons. The van der Waals surface area contributed by atoms with E-state index in [0.29, 0.717) is 0 Å². The minimum absolute atomic E-state index is 0.0456. The fraction of sp³-hybridized carbons (Fsp3) is 0.0769. The molecule has 0 aliphatic heterocycles. The number of amides is 1. The average molecular weight is 347 g/mol. The van der Waals surface area contributed by atoms with Crippen LogP contribution >= 0.6 is 15.9 Å². The fourth-order valence-corrected chi connectivity index (χ4v) is 2.26. The van der Waals surface area contributed by atoms with Gasteiger partial charge in [0.25, 0.3) is 0 Å². The monoisotopic (exact) mass is 346 g/mol. The lowest BCUT2D eigenvalue weighted by Gasteiger charge is -2.06. The van der Waals surface area contributed by atoms with Crippen molar-refractivity contribution in [2.75, 3.05) is 5.32 Å². The van der Waals surface area contributed by atoms with E-state index in [0.717, 1.165) is 26.9 Å². The highest BCUT2D eigenvalue weighted by Gasteiger charge is 2.06. The molecule has 7 nitrogen and oxygen atoms in total. The van der Waals surface area contributed by atoms with Gasteiger partial charge in [0.2, 0.25) is 5.91 Å². The molecular formula is C13H11BrN6O. The summed E-state index contributed by atoms with van der Waals surface area (Å²) in [7, 11) is 0. The molecule has 3 N–H and O–H groups in total. The number of nitrogens with two attached hydrogens (primary N) is 1. The topological polar surface area (TPSA) is 98.7 Å². The van der Waals surface area contributed by atoms with Crippen molar-refractivity contribution in [2.24, 2.45) is 5.73 Å². The van der Waals surface area contributed by atoms with E-state index in [2.05, 4.69) is 36.3 Å². The number of carbonyl (C=O) groups excluding carboxylic acids is 1. The Hall–Kier alpha value is -2.48. The standard InChI is InChI=1S/C13H11BrN6O/c14-8-3-11-13(17-4-8)10(1-2-16-11)19-9-5-18-20(6-9)7-12(15)21/h1-6H,7H2,(H2,15,21)(H,16,19). The zero-order valence-corrected chi connectivity index (χ0v) is 12.4. The molecular weight excluding hydrogens is 336 g/mol. The zero-order valence-electron chi connectivity index (χ0n) is 10.8. The molecule has 3 heterocycles. The highest BCUT2D eigenvalue weighted by atomic mass is 79.9. The number of rotatable bonds is 4. The second-order valence-electron chi connectivity index (χ2n) is 4.40. The Bertz CT molecular complexity index is 815. The van der Waals surface area contributed by atoms with Crippen molar-refractivity contribution in [1.29, 1.82) is 0 Å². The van der Waals surface area contributed by atoms with E-state index in [1.807, 2.05) is 12.1 Å². The minimum Gasteiger partial charge on any atom is -0.368 e. The molecule has 0 spiro atoms. The third-order valence-electron chi connectivity index (χ3n) is 2.77. The molecule has 8 heteroatoms. The van der Waals surface area contributed by atoms with E-state index in [4.69, 9.17) is 5.73 Å². The molecule has 21 heavy (non-hydrogen) atoms. The molecule has 3 aromatic rings. The highest BCUT2D eigenvalue weighted by molar-refractivity contribution is 9.10. The number of hydrogen-bond acceptors (Lipinski definition) is 5. The predicted octanol–water partition coefficient (Wildman–Crippen LogP) is 1.82. The Morgan fingerprint density at radius 2 is 2.24 bits per heavy atom. The number of pyridine rings is 2. The Kier molecular flexibility index (Phi) is 3.53. The van der Waals surface area contributed by atoms with Crippen LogP contribution in [0.25, 0.3) is 11.0 Å². The van der Waals surface area contributed by atoms with Gasteiger partial charge in [-0.05, 0) is 28.1 Å². The third-order valence-corrected chi connectivity index (χ3v) is 3.21. The molecule has 0 atom stereocenters. The van der Waals surface area contributed by atoms with E-state index >= 15 is 0 Å². The van der Waals surface area contributed by atoms with Crippen LogP contribution in [0, 0.1) is 0 Å². The average Bonchev–Trinajstić information content (AvgIpc) is 2.85. The molecule has 0 saturated carbocycles. The van der Waals surface area contributed by atoms with E-state index < -0.39 is 5.91 Å². The van der Waals surface area contributed by atoms with Crippen LogP contribution in [-0.4, -0.2) is 25.7 Å². The number of carbonyl (C=O) groups is 1. The van der Waals surface area contributed by atoms with E-state index in [1.54, 1.807) is 24.8 Å². The van der Waals surface area contributed by atoms with Crippen LogP contribution in [0.2, 0.25) is 0 Å². The highest BCUT2D eigenvalue weighted by Crippen LogP contribution is 2.24. The number of nitrogens with one attached hydrogen (secondary N) is 1. The summed E-state index contributed by atoms with van der Waals surface area (Å²) >= 11 is 3.37. The maximum atomic E-state index is 10.9. The number of aromatic nitrogens is 4. The molecule has 3 rings (SSSR count). The molecule has 0 bridgehead atoms. The Morgan fingerprint density at radius 3 is 3.05 bits per heavy atom. The van der Waals surface area contributed by atoms with Crippen LogP contribution in [-0.2, 0) is 11.3 Å².